The van der Waals surface area contributed by atoms with Gasteiger partial charge in [0.2, 0.25) is 0 Å². The second kappa shape index (κ2) is 6.17. The Labute approximate surface area is 104 Å². The molecule has 3 nitrogen and oxygen atoms in total. The van der Waals surface area contributed by atoms with Crippen molar-refractivity contribution in [1.29, 1.82) is 0 Å². The molecule has 0 fully saturated rings. The van der Waals surface area contributed by atoms with Gasteiger partial charge in [0.25, 0.3) is 10.1 Å². The fourth-order valence-corrected chi connectivity index (χ4v) is 2.01. The van der Waals surface area contributed by atoms with E-state index in [1.165, 1.54) is 5.56 Å². The molecule has 1 aromatic rings. The lowest BCUT2D eigenvalue weighted by atomic mass is 10.0. The van der Waals surface area contributed by atoms with E-state index >= 15 is 0 Å². The van der Waals surface area contributed by atoms with Crippen molar-refractivity contribution in [3.63, 3.8) is 0 Å². The van der Waals surface area contributed by atoms with Crippen LogP contribution >= 0.6 is 0 Å². The molecule has 0 aliphatic carbocycles. The average Bonchev–Trinajstić information content (AvgIpc) is 2.18. The van der Waals surface area contributed by atoms with Gasteiger partial charge in [-0.25, -0.2) is 0 Å². The Balaban J connectivity index is 2.46. The van der Waals surface area contributed by atoms with Crippen LogP contribution < -0.4 is 0 Å². The normalized spacial score (nSPS) is 12.0. The quantitative estimate of drug-likeness (QED) is 0.734. The Kier molecular flexibility index (Phi) is 5.15. The smallest absolute Gasteiger partial charge is 0.264 e. The highest BCUT2D eigenvalue weighted by Gasteiger charge is 2.02. The van der Waals surface area contributed by atoms with E-state index in [-0.39, 0.29) is 6.61 Å². The monoisotopic (exact) mass is 256 g/mol. The summed E-state index contributed by atoms with van der Waals surface area (Å²) in [6.45, 7) is 4.59. The summed E-state index contributed by atoms with van der Waals surface area (Å²) in [5.41, 5.74) is 2.41. The van der Waals surface area contributed by atoms with Gasteiger partial charge in [0.05, 0.1) is 12.9 Å². The van der Waals surface area contributed by atoms with Gasteiger partial charge in [-0.15, -0.1) is 0 Å². The van der Waals surface area contributed by atoms with Crippen molar-refractivity contribution >= 4 is 10.1 Å². The first-order valence-electron chi connectivity index (χ1n) is 5.79. The van der Waals surface area contributed by atoms with Gasteiger partial charge in [-0.3, -0.25) is 4.18 Å². The van der Waals surface area contributed by atoms with Crippen LogP contribution in [0.4, 0.5) is 0 Å². The van der Waals surface area contributed by atoms with Crippen molar-refractivity contribution in [2.45, 2.75) is 26.7 Å². The van der Waals surface area contributed by atoms with Crippen LogP contribution in [0.25, 0.3) is 0 Å². The lowest BCUT2D eigenvalue weighted by molar-refractivity contribution is 0.326. The highest BCUT2D eigenvalue weighted by atomic mass is 32.2. The average molecular weight is 256 g/mol. The third kappa shape index (κ3) is 6.44. The van der Waals surface area contributed by atoms with Crippen molar-refractivity contribution in [1.82, 2.24) is 0 Å². The standard InChI is InChI=1S/C13H20O3S/c1-11(2)10-13-6-4-12(5-7-13)8-9-16-17(3,14)15/h4-7,11H,8-10H2,1-3H3. The summed E-state index contributed by atoms with van der Waals surface area (Å²) in [7, 11) is -3.32. The lowest BCUT2D eigenvalue weighted by Gasteiger charge is -2.06. The molecule has 0 heterocycles. The molecule has 0 aliphatic heterocycles. The molecule has 1 aromatic carbocycles. The summed E-state index contributed by atoms with van der Waals surface area (Å²) in [4.78, 5) is 0. The van der Waals surface area contributed by atoms with Crippen molar-refractivity contribution in [3.05, 3.63) is 35.4 Å². The van der Waals surface area contributed by atoms with Crippen molar-refractivity contribution in [3.8, 4) is 0 Å². The minimum absolute atomic E-state index is 0.211. The molecule has 0 bridgehead atoms. The van der Waals surface area contributed by atoms with E-state index in [1.54, 1.807) is 0 Å². The zero-order chi connectivity index (χ0) is 12.9. The molecule has 0 spiro atoms. The van der Waals surface area contributed by atoms with E-state index < -0.39 is 10.1 Å². The molecule has 0 atom stereocenters. The van der Waals surface area contributed by atoms with Crippen molar-refractivity contribution < 1.29 is 12.6 Å². The molecule has 96 valence electrons. The maximum atomic E-state index is 10.8. The predicted octanol–water partition coefficient (Wildman–Crippen LogP) is 2.40. The molecular weight excluding hydrogens is 236 g/mol. The summed E-state index contributed by atoms with van der Waals surface area (Å²) in [6.07, 6.45) is 2.76. The van der Waals surface area contributed by atoms with E-state index in [0.717, 1.165) is 18.2 Å². The van der Waals surface area contributed by atoms with Crippen LogP contribution in [-0.2, 0) is 27.1 Å². The van der Waals surface area contributed by atoms with Gasteiger partial charge >= 0.3 is 0 Å². The van der Waals surface area contributed by atoms with Crippen LogP contribution in [0, 0.1) is 5.92 Å². The SMILES string of the molecule is CC(C)Cc1ccc(CCOS(C)(=O)=O)cc1. The molecular formula is C13H20O3S. The van der Waals surface area contributed by atoms with Crippen LogP contribution in [0.2, 0.25) is 0 Å². The third-order valence-electron chi connectivity index (χ3n) is 2.36. The maximum Gasteiger partial charge on any atom is 0.264 e. The second-order valence-corrected chi connectivity index (χ2v) is 6.33. The minimum Gasteiger partial charge on any atom is -0.270 e. The molecule has 1 rings (SSSR count). The largest absolute Gasteiger partial charge is 0.270 e. The maximum absolute atomic E-state index is 10.8. The summed E-state index contributed by atoms with van der Waals surface area (Å²) < 4.78 is 26.2. The second-order valence-electron chi connectivity index (χ2n) is 4.69. The van der Waals surface area contributed by atoms with Gasteiger partial charge in [-0.05, 0) is 29.9 Å². The van der Waals surface area contributed by atoms with E-state index in [4.69, 9.17) is 4.18 Å². The number of hydrogen-bond donors (Lipinski definition) is 0. The Hall–Kier alpha value is -0.870. The van der Waals surface area contributed by atoms with E-state index in [2.05, 4.69) is 26.0 Å². The highest BCUT2D eigenvalue weighted by Crippen LogP contribution is 2.10. The predicted molar refractivity (Wildman–Crippen MR) is 69.5 cm³/mol. The fourth-order valence-electron chi connectivity index (χ4n) is 1.62. The Morgan fingerprint density at radius 2 is 1.65 bits per heavy atom. The highest BCUT2D eigenvalue weighted by molar-refractivity contribution is 7.85. The molecule has 0 aromatic heterocycles. The first kappa shape index (κ1) is 14.2. The zero-order valence-electron chi connectivity index (χ0n) is 10.6. The summed E-state index contributed by atoms with van der Waals surface area (Å²) in [5.74, 6) is 0.648. The Bertz CT molecular complexity index is 432. The molecule has 0 aliphatic rings. The van der Waals surface area contributed by atoms with Crippen LogP contribution in [0.5, 0.6) is 0 Å². The van der Waals surface area contributed by atoms with Crippen molar-refractivity contribution in [2.24, 2.45) is 5.92 Å². The number of rotatable bonds is 6. The van der Waals surface area contributed by atoms with E-state index in [0.29, 0.717) is 12.3 Å². The molecule has 0 saturated heterocycles. The van der Waals surface area contributed by atoms with Crippen molar-refractivity contribution in [2.75, 3.05) is 12.9 Å². The Morgan fingerprint density at radius 3 is 2.12 bits per heavy atom. The van der Waals surface area contributed by atoms with Gasteiger partial charge in [0.15, 0.2) is 0 Å². The van der Waals surface area contributed by atoms with E-state index in [1.807, 2.05) is 12.1 Å². The molecule has 0 radical (unpaired) electrons. The van der Waals surface area contributed by atoms with Crippen LogP contribution in [0.1, 0.15) is 25.0 Å². The van der Waals surface area contributed by atoms with Gasteiger partial charge in [-0.1, -0.05) is 38.1 Å². The topological polar surface area (TPSA) is 43.4 Å². The summed E-state index contributed by atoms with van der Waals surface area (Å²) >= 11 is 0. The molecule has 0 amide bonds. The van der Waals surface area contributed by atoms with Gasteiger partial charge in [0, 0.05) is 0 Å². The molecule has 0 saturated carbocycles. The zero-order valence-corrected chi connectivity index (χ0v) is 11.5. The number of hydrogen-bond acceptors (Lipinski definition) is 3. The Morgan fingerprint density at radius 1 is 1.12 bits per heavy atom. The summed E-state index contributed by atoms with van der Waals surface area (Å²) in [5, 5.41) is 0. The van der Waals surface area contributed by atoms with Crippen LogP contribution in [-0.4, -0.2) is 21.3 Å². The first-order chi connectivity index (χ1) is 7.87. The molecule has 17 heavy (non-hydrogen) atoms. The minimum atomic E-state index is -3.32. The fraction of sp³-hybridized carbons (Fsp3) is 0.538. The molecule has 4 heteroatoms. The summed E-state index contributed by atoms with van der Waals surface area (Å²) in [6, 6.07) is 8.25. The van der Waals surface area contributed by atoms with Gasteiger partial charge in [0.1, 0.15) is 0 Å². The van der Waals surface area contributed by atoms with Crippen LogP contribution in [0.15, 0.2) is 24.3 Å². The first-order valence-corrected chi connectivity index (χ1v) is 7.60. The molecule has 0 N–H and O–H groups in total. The lowest BCUT2D eigenvalue weighted by Crippen LogP contribution is -2.06. The van der Waals surface area contributed by atoms with E-state index in [9.17, 15) is 8.42 Å². The van der Waals surface area contributed by atoms with Gasteiger partial charge in [-0.2, -0.15) is 8.42 Å². The third-order valence-corrected chi connectivity index (χ3v) is 2.95. The number of benzene rings is 1. The van der Waals surface area contributed by atoms with Gasteiger partial charge < -0.3 is 0 Å². The molecule has 0 unspecified atom stereocenters. The van der Waals surface area contributed by atoms with Crippen LogP contribution in [0.3, 0.4) is 0 Å².